The van der Waals surface area contributed by atoms with Gasteiger partial charge in [-0.2, -0.15) is 0 Å². The fourth-order valence-corrected chi connectivity index (χ4v) is 3.23. The van der Waals surface area contributed by atoms with Gasteiger partial charge in [-0.1, -0.05) is 0 Å². The van der Waals surface area contributed by atoms with Crippen LogP contribution >= 0.6 is 0 Å². The highest BCUT2D eigenvalue weighted by Crippen LogP contribution is 2.15. The van der Waals surface area contributed by atoms with Gasteiger partial charge in [-0.05, 0) is 53.2 Å². The van der Waals surface area contributed by atoms with Gasteiger partial charge in [0, 0.05) is 31.7 Å². The molecule has 0 aromatic carbocycles. The Morgan fingerprint density at radius 1 is 1.32 bits per heavy atom. The van der Waals surface area contributed by atoms with Gasteiger partial charge in [0.2, 0.25) is 0 Å². The number of nitrogens with one attached hydrogen (secondary N) is 1. The van der Waals surface area contributed by atoms with Crippen LogP contribution in [-0.2, 0) is 4.74 Å². The SMILES string of the molecule is CC(C)N1CCOC(CN(C)C2CCCNCC2)C1. The van der Waals surface area contributed by atoms with Crippen LogP contribution in [0.15, 0.2) is 0 Å². The summed E-state index contributed by atoms with van der Waals surface area (Å²) >= 11 is 0. The van der Waals surface area contributed by atoms with Crippen molar-refractivity contribution in [2.24, 2.45) is 0 Å². The van der Waals surface area contributed by atoms with Gasteiger partial charge in [0.1, 0.15) is 0 Å². The largest absolute Gasteiger partial charge is 0.374 e. The third-order valence-electron chi connectivity index (χ3n) is 4.56. The molecule has 2 rings (SSSR count). The molecule has 2 aliphatic rings. The van der Waals surface area contributed by atoms with Gasteiger partial charge >= 0.3 is 0 Å². The summed E-state index contributed by atoms with van der Waals surface area (Å²) in [6.07, 6.45) is 4.29. The van der Waals surface area contributed by atoms with Crippen molar-refractivity contribution in [2.75, 3.05) is 46.4 Å². The van der Waals surface area contributed by atoms with Crippen molar-refractivity contribution in [3.05, 3.63) is 0 Å². The van der Waals surface area contributed by atoms with E-state index in [1.807, 2.05) is 0 Å². The summed E-state index contributed by atoms with van der Waals surface area (Å²) in [5.74, 6) is 0. The van der Waals surface area contributed by atoms with Crippen LogP contribution in [-0.4, -0.2) is 74.4 Å². The topological polar surface area (TPSA) is 27.7 Å². The van der Waals surface area contributed by atoms with E-state index in [1.165, 1.54) is 32.4 Å². The molecular weight excluding hydrogens is 238 g/mol. The van der Waals surface area contributed by atoms with E-state index in [2.05, 4.69) is 36.0 Å². The van der Waals surface area contributed by atoms with Crippen LogP contribution in [0.5, 0.6) is 0 Å². The molecule has 4 heteroatoms. The molecule has 2 atom stereocenters. The molecule has 2 saturated heterocycles. The van der Waals surface area contributed by atoms with Crippen molar-refractivity contribution in [1.29, 1.82) is 0 Å². The zero-order valence-electron chi connectivity index (χ0n) is 12.9. The molecule has 0 bridgehead atoms. The molecule has 0 aliphatic carbocycles. The molecule has 1 N–H and O–H groups in total. The number of ether oxygens (including phenoxy) is 1. The van der Waals surface area contributed by atoms with Crippen LogP contribution in [0.25, 0.3) is 0 Å². The monoisotopic (exact) mass is 269 g/mol. The van der Waals surface area contributed by atoms with E-state index in [0.29, 0.717) is 12.1 Å². The van der Waals surface area contributed by atoms with Crippen LogP contribution in [0.1, 0.15) is 33.1 Å². The number of morpholine rings is 1. The summed E-state index contributed by atoms with van der Waals surface area (Å²) in [7, 11) is 2.27. The molecule has 2 heterocycles. The Morgan fingerprint density at radius 2 is 2.16 bits per heavy atom. The number of nitrogens with zero attached hydrogens (tertiary/aromatic N) is 2. The lowest BCUT2D eigenvalue weighted by atomic mass is 10.1. The first-order valence-corrected chi connectivity index (χ1v) is 7.93. The Bertz CT molecular complexity index is 252. The summed E-state index contributed by atoms with van der Waals surface area (Å²) in [5, 5.41) is 3.49. The van der Waals surface area contributed by atoms with Crippen molar-refractivity contribution < 1.29 is 4.74 Å². The minimum atomic E-state index is 0.386. The van der Waals surface area contributed by atoms with E-state index in [9.17, 15) is 0 Å². The molecule has 2 aliphatic heterocycles. The average molecular weight is 269 g/mol. The van der Waals surface area contributed by atoms with Crippen molar-refractivity contribution >= 4 is 0 Å². The number of hydrogen-bond acceptors (Lipinski definition) is 4. The lowest BCUT2D eigenvalue weighted by Gasteiger charge is -2.38. The summed E-state index contributed by atoms with van der Waals surface area (Å²) in [6.45, 7) is 11.1. The second-order valence-electron chi connectivity index (χ2n) is 6.36. The summed E-state index contributed by atoms with van der Waals surface area (Å²) in [6, 6.07) is 1.37. The molecule has 19 heavy (non-hydrogen) atoms. The quantitative estimate of drug-likeness (QED) is 0.829. The van der Waals surface area contributed by atoms with Crippen LogP contribution < -0.4 is 5.32 Å². The fraction of sp³-hybridized carbons (Fsp3) is 1.00. The normalized spacial score (nSPS) is 30.8. The Hall–Kier alpha value is -0.160. The van der Waals surface area contributed by atoms with Gasteiger partial charge in [0.05, 0.1) is 12.7 Å². The smallest absolute Gasteiger partial charge is 0.0829 e. The number of rotatable bonds is 4. The predicted molar refractivity (Wildman–Crippen MR) is 79.6 cm³/mol. The highest BCUT2D eigenvalue weighted by atomic mass is 16.5. The average Bonchev–Trinajstić information content (AvgIpc) is 2.68. The first-order valence-electron chi connectivity index (χ1n) is 7.93. The Morgan fingerprint density at radius 3 is 2.95 bits per heavy atom. The molecule has 0 saturated carbocycles. The van der Waals surface area contributed by atoms with Gasteiger partial charge in [-0.3, -0.25) is 4.90 Å². The zero-order valence-corrected chi connectivity index (χ0v) is 12.9. The van der Waals surface area contributed by atoms with Gasteiger partial charge in [-0.25, -0.2) is 0 Å². The maximum atomic E-state index is 5.95. The Kier molecular flexibility index (Phi) is 6.07. The first kappa shape index (κ1) is 15.2. The molecule has 0 aromatic heterocycles. The molecule has 2 fully saturated rings. The minimum Gasteiger partial charge on any atom is -0.374 e. The maximum Gasteiger partial charge on any atom is 0.0829 e. The molecule has 0 spiro atoms. The third kappa shape index (κ3) is 4.71. The number of likely N-dealkylation sites (N-methyl/N-ethyl adjacent to an activating group) is 1. The lowest BCUT2D eigenvalue weighted by Crippen LogP contribution is -2.50. The summed E-state index contributed by atoms with van der Waals surface area (Å²) in [5.41, 5.74) is 0. The molecule has 0 amide bonds. The van der Waals surface area contributed by atoms with E-state index in [0.717, 1.165) is 32.3 Å². The third-order valence-corrected chi connectivity index (χ3v) is 4.56. The van der Waals surface area contributed by atoms with Gasteiger partial charge in [0.15, 0.2) is 0 Å². The summed E-state index contributed by atoms with van der Waals surface area (Å²) in [4.78, 5) is 5.07. The van der Waals surface area contributed by atoms with Crippen LogP contribution in [0, 0.1) is 0 Å². The Balaban J connectivity index is 1.78. The lowest BCUT2D eigenvalue weighted by molar-refractivity contribution is -0.0540. The molecular formula is C15H31N3O. The zero-order chi connectivity index (χ0) is 13.7. The van der Waals surface area contributed by atoms with Crippen LogP contribution in [0.3, 0.4) is 0 Å². The highest BCUT2D eigenvalue weighted by Gasteiger charge is 2.25. The summed E-state index contributed by atoms with van der Waals surface area (Å²) < 4.78 is 5.95. The van der Waals surface area contributed by atoms with Gasteiger partial charge < -0.3 is 15.0 Å². The van der Waals surface area contributed by atoms with E-state index < -0.39 is 0 Å². The second-order valence-corrected chi connectivity index (χ2v) is 6.36. The molecule has 0 aromatic rings. The first-order chi connectivity index (χ1) is 9.16. The van der Waals surface area contributed by atoms with Gasteiger partial charge in [0.25, 0.3) is 0 Å². The van der Waals surface area contributed by atoms with Gasteiger partial charge in [-0.15, -0.1) is 0 Å². The highest BCUT2D eigenvalue weighted by molar-refractivity contribution is 4.80. The van der Waals surface area contributed by atoms with Crippen LogP contribution in [0.4, 0.5) is 0 Å². The van der Waals surface area contributed by atoms with Crippen LogP contribution in [0.2, 0.25) is 0 Å². The molecule has 112 valence electrons. The molecule has 4 nitrogen and oxygen atoms in total. The predicted octanol–water partition coefficient (Wildman–Crippen LogP) is 1.17. The second kappa shape index (κ2) is 7.58. The van der Waals surface area contributed by atoms with E-state index in [1.54, 1.807) is 0 Å². The van der Waals surface area contributed by atoms with Crippen molar-refractivity contribution in [3.8, 4) is 0 Å². The standard InChI is InChI=1S/C15H31N3O/c1-13(2)18-9-10-19-15(12-18)11-17(3)14-5-4-7-16-8-6-14/h13-16H,4-12H2,1-3H3. The van der Waals surface area contributed by atoms with Crippen molar-refractivity contribution in [2.45, 2.75) is 51.3 Å². The molecule has 2 unspecified atom stereocenters. The maximum absolute atomic E-state index is 5.95. The van der Waals surface area contributed by atoms with Crippen molar-refractivity contribution in [3.63, 3.8) is 0 Å². The van der Waals surface area contributed by atoms with Crippen molar-refractivity contribution in [1.82, 2.24) is 15.1 Å². The van der Waals surface area contributed by atoms with E-state index >= 15 is 0 Å². The number of hydrogen-bond donors (Lipinski definition) is 1. The fourth-order valence-electron chi connectivity index (χ4n) is 3.23. The Labute approximate surface area is 118 Å². The minimum absolute atomic E-state index is 0.386. The van der Waals surface area contributed by atoms with E-state index in [-0.39, 0.29) is 0 Å². The van der Waals surface area contributed by atoms with E-state index in [4.69, 9.17) is 4.74 Å². The molecule has 0 radical (unpaired) electrons.